The number of aryl methyl sites for hydroxylation is 1. The molecule has 7 heteroatoms. The molecule has 0 heterocycles. The molecule has 1 unspecified atom stereocenters. The second-order valence-electron chi connectivity index (χ2n) is 4.74. The van der Waals surface area contributed by atoms with Crippen LogP contribution in [0.25, 0.3) is 0 Å². The van der Waals surface area contributed by atoms with Gasteiger partial charge in [0, 0.05) is 24.7 Å². The van der Waals surface area contributed by atoms with E-state index in [4.69, 9.17) is 10.8 Å². The molecule has 1 aromatic rings. The molecule has 0 aliphatic heterocycles. The van der Waals surface area contributed by atoms with Gasteiger partial charge in [-0.25, -0.2) is 0 Å². The van der Waals surface area contributed by atoms with Crippen molar-refractivity contribution in [3.05, 3.63) is 23.8 Å². The Kier molecular flexibility index (Phi) is 5.86. The number of hydrogen-bond acceptors (Lipinski definition) is 4. The van der Waals surface area contributed by atoms with Crippen LogP contribution in [0.4, 0.5) is 11.4 Å². The smallest absolute Gasteiger partial charge is 0.303 e. The molecule has 5 N–H and O–H groups in total. The van der Waals surface area contributed by atoms with Gasteiger partial charge in [-0.05, 0) is 31.0 Å². The number of carboxylic acid groups (broad SMARTS) is 1. The second kappa shape index (κ2) is 7.39. The summed E-state index contributed by atoms with van der Waals surface area (Å²) in [4.78, 5) is 33.4. The van der Waals surface area contributed by atoms with E-state index >= 15 is 0 Å². The molecular weight excluding hydrogens is 274 g/mol. The number of aliphatic carboxylic acids is 1. The minimum absolute atomic E-state index is 0.0611. The monoisotopic (exact) mass is 293 g/mol. The van der Waals surface area contributed by atoms with Gasteiger partial charge in [-0.3, -0.25) is 14.4 Å². The number of rotatable bonds is 6. The highest BCUT2D eigenvalue weighted by atomic mass is 16.4. The van der Waals surface area contributed by atoms with Crippen molar-refractivity contribution in [2.24, 2.45) is 5.73 Å². The lowest BCUT2D eigenvalue weighted by atomic mass is 10.1. The Hall–Kier alpha value is -2.41. The number of nitrogens with one attached hydrogen (secondary N) is 2. The van der Waals surface area contributed by atoms with Gasteiger partial charge in [0.1, 0.15) is 0 Å². The quantitative estimate of drug-likeness (QED) is 0.625. The van der Waals surface area contributed by atoms with Crippen molar-refractivity contribution in [1.29, 1.82) is 0 Å². The fraction of sp³-hybridized carbons (Fsp3) is 0.357. The third-order valence-electron chi connectivity index (χ3n) is 2.82. The van der Waals surface area contributed by atoms with Gasteiger partial charge in [-0.2, -0.15) is 0 Å². The largest absolute Gasteiger partial charge is 0.481 e. The lowest BCUT2D eigenvalue weighted by molar-refractivity contribution is -0.137. The molecule has 0 aliphatic rings. The maximum atomic E-state index is 11.9. The van der Waals surface area contributed by atoms with Crippen LogP contribution in [0.1, 0.15) is 25.3 Å². The maximum Gasteiger partial charge on any atom is 0.303 e. The molecule has 114 valence electrons. The van der Waals surface area contributed by atoms with E-state index in [9.17, 15) is 14.4 Å². The van der Waals surface area contributed by atoms with Crippen LogP contribution in [-0.2, 0) is 14.4 Å². The maximum absolute atomic E-state index is 11.9. The first kappa shape index (κ1) is 16.6. The van der Waals surface area contributed by atoms with Gasteiger partial charge in [0.25, 0.3) is 0 Å². The van der Waals surface area contributed by atoms with Crippen molar-refractivity contribution >= 4 is 29.2 Å². The summed E-state index contributed by atoms with van der Waals surface area (Å²) in [5.74, 6) is -1.67. The highest BCUT2D eigenvalue weighted by Crippen LogP contribution is 2.20. The fourth-order valence-electron chi connectivity index (χ4n) is 1.67. The summed E-state index contributed by atoms with van der Waals surface area (Å²) in [6.07, 6.45) is -0.106. The van der Waals surface area contributed by atoms with Gasteiger partial charge in [0.05, 0.1) is 6.04 Å². The number of carbonyl (C=O) groups excluding carboxylic acids is 2. The van der Waals surface area contributed by atoms with Crippen molar-refractivity contribution in [3.8, 4) is 0 Å². The van der Waals surface area contributed by atoms with E-state index in [1.54, 1.807) is 25.1 Å². The van der Waals surface area contributed by atoms with E-state index < -0.39 is 17.9 Å². The molecule has 0 aliphatic carbocycles. The number of amides is 2. The number of nitrogens with two attached hydrogens (primary N) is 1. The van der Waals surface area contributed by atoms with Crippen LogP contribution >= 0.6 is 0 Å². The Morgan fingerprint density at radius 1 is 1.29 bits per heavy atom. The van der Waals surface area contributed by atoms with E-state index in [0.29, 0.717) is 11.4 Å². The topological polar surface area (TPSA) is 122 Å². The van der Waals surface area contributed by atoms with Crippen LogP contribution in [0.15, 0.2) is 18.2 Å². The molecule has 1 atom stereocenters. The highest BCUT2D eigenvalue weighted by molar-refractivity contribution is 5.97. The summed E-state index contributed by atoms with van der Waals surface area (Å²) < 4.78 is 0. The zero-order valence-electron chi connectivity index (χ0n) is 12.0. The standard InChI is InChI=1S/C14H19N3O4/c1-8-3-4-10(16-9(2)18)7-12(8)17-14(21)11(15)5-6-13(19)20/h3-4,7,11H,5-6,15H2,1-2H3,(H,16,18)(H,17,21)(H,19,20). The lowest BCUT2D eigenvalue weighted by Crippen LogP contribution is -2.36. The molecule has 2 amide bonds. The van der Waals surface area contributed by atoms with Gasteiger partial charge in [-0.15, -0.1) is 0 Å². The second-order valence-corrected chi connectivity index (χ2v) is 4.74. The van der Waals surface area contributed by atoms with Crippen molar-refractivity contribution in [2.75, 3.05) is 10.6 Å². The zero-order chi connectivity index (χ0) is 16.0. The van der Waals surface area contributed by atoms with E-state index in [1.165, 1.54) is 6.92 Å². The molecule has 0 aromatic heterocycles. The van der Waals surface area contributed by atoms with Crippen molar-refractivity contribution in [1.82, 2.24) is 0 Å². The molecule has 21 heavy (non-hydrogen) atoms. The van der Waals surface area contributed by atoms with Crippen LogP contribution in [0.5, 0.6) is 0 Å². The Balaban J connectivity index is 2.74. The van der Waals surface area contributed by atoms with Crippen LogP contribution in [0, 0.1) is 6.92 Å². The highest BCUT2D eigenvalue weighted by Gasteiger charge is 2.16. The number of benzene rings is 1. The third kappa shape index (κ3) is 5.62. The normalized spacial score (nSPS) is 11.6. The molecule has 1 aromatic carbocycles. The molecule has 0 saturated heterocycles. The summed E-state index contributed by atoms with van der Waals surface area (Å²) in [5, 5.41) is 13.8. The van der Waals surface area contributed by atoms with Crippen molar-refractivity contribution in [3.63, 3.8) is 0 Å². The van der Waals surface area contributed by atoms with Crippen LogP contribution < -0.4 is 16.4 Å². The summed E-state index contributed by atoms with van der Waals surface area (Å²) in [5.41, 5.74) is 7.53. The molecule has 1 rings (SSSR count). The molecule has 0 fully saturated rings. The SMILES string of the molecule is CC(=O)Nc1ccc(C)c(NC(=O)C(N)CCC(=O)O)c1. The minimum atomic E-state index is -0.998. The number of carbonyl (C=O) groups is 3. The predicted octanol–water partition coefficient (Wildman–Crippen LogP) is 1.08. The fourth-order valence-corrected chi connectivity index (χ4v) is 1.67. The van der Waals surface area contributed by atoms with Gasteiger partial charge < -0.3 is 21.5 Å². The number of anilines is 2. The van der Waals surface area contributed by atoms with E-state index in [0.717, 1.165) is 5.56 Å². The first-order chi connectivity index (χ1) is 9.79. The number of carboxylic acids is 1. The minimum Gasteiger partial charge on any atom is -0.481 e. The van der Waals surface area contributed by atoms with Crippen LogP contribution in [-0.4, -0.2) is 28.9 Å². The Morgan fingerprint density at radius 3 is 2.52 bits per heavy atom. The Labute approximate surface area is 122 Å². The molecular formula is C14H19N3O4. The summed E-state index contributed by atoms with van der Waals surface area (Å²) in [7, 11) is 0. The molecule has 0 radical (unpaired) electrons. The Bertz CT molecular complexity index is 557. The predicted molar refractivity (Wildman–Crippen MR) is 79.0 cm³/mol. The van der Waals surface area contributed by atoms with Gasteiger partial charge in [-0.1, -0.05) is 6.07 Å². The molecule has 0 bridgehead atoms. The first-order valence-electron chi connectivity index (χ1n) is 6.46. The van der Waals surface area contributed by atoms with Gasteiger partial charge >= 0.3 is 5.97 Å². The van der Waals surface area contributed by atoms with E-state index in [-0.39, 0.29) is 18.7 Å². The molecule has 7 nitrogen and oxygen atoms in total. The first-order valence-corrected chi connectivity index (χ1v) is 6.46. The van der Waals surface area contributed by atoms with E-state index in [1.807, 2.05) is 0 Å². The van der Waals surface area contributed by atoms with Crippen molar-refractivity contribution < 1.29 is 19.5 Å². The third-order valence-corrected chi connectivity index (χ3v) is 2.82. The summed E-state index contributed by atoms with van der Waals surface area (Å²) in [6.45, 7) is 3.19. The lowest BCUT2D eigenvalue weighted by Gasteiger charge is -2.14. The summed E-state index contributed by atoms with van der Waals surface area (Å²) >= 11 is 0. The Morgan fingerprint density at radius 2 is 1.95 bits per heavy atom. The van der Waals surface area contributed by atoms with Crippen LogP contribution in [0.2, 0.25) is 0 Å². The average Bonchev–Trinajstić information content (AvgIpc) is 2.39. The summed E-state index contributed by atoms with van der Waals surface area (Å²) in [6, 6.07) is 4.20. The van der Waals surface area contributed by atoms with Crippen LogP contribution in [0.3, 0.4) is 0 Å². The molecule has 0 spiro atoms. The number of hydrogen-bond donors (Lipinski definition) is 4. The zero-order valence-corrected chi connectivity index (χ0v) is 12.0. The average molecular weight is 293 g/mol. The van der Waals surface area contributed by atoms with Crippen molar-refractivity contribution in [2.45, 2.75) is 32.7 Å². The van der Waals surface area contributed by atoms with E-state index in [2.05, 4.69) is 10.6 Å². The van der Waals surface area contributed by atoms with Gasteiger partial charge in [0.15, 0.2) is 0 Å². The van der Waals surface area contributed by atoms with Gasteiger partial charge in [0.2, 0.25) is 11.8 Å². The molecule has 0 saturated carbocycles.